The van der Waals surface area contributed by atoms with E-state index in [2.05, 4.69) is 20.2 Å². The van der Waals surface area contributed by atoms with Crippen molar-refractivity contribution in [2.24, 2.45) is 10.9 Å². The van der Waals surface area contributed by atoms with Crippen molar-refractivity contribution in [3.63, 3.8) is 0 Å². The second-order valence-electron chi connectivity index (χ2n) is 7.00. The molecule has 0 aliphatic rings. The van der Waals surface area contributed by atoms with E-state index < -0.39 is 0 Å². The number of benzene rings is 1. The van der Waals surface area contributed by atoms with Crippen LogP contribution >= 0.6 is 0 Å². The minimum Gasteiger partial charge on any atom is -0.444 e. The lowest BCUT2D eigenvalue weighted by atomic mass is 10.1. The summed E-state index contributed by atoms with van der Waals surface area (Å²) in [5.41, 5.74) is 11.3. The van der Waals surface area contributed by atoms with E-state index in [4.69, 9.17) is 15.0 Å². The Morgan fingerprint density at radius 3 is 2.60 bits per heavy atom. The summed E-state index contributed by atoms with van der Waals surface area (Å²) in [6, 6.07) is 13.6. The highest BCUT2D eigenvalue weighted by atomic mass is 16.6. The van der Waals surface area contributed by atoms with Crippen molar-refractivity contribution < 1.29 is 9.25 Å². The first-order chi connectivity index (χ1) is 14.5. The van der Waals surface area contributed by atoms with Crippen molar-refractivity contribution in [3.8, 4) is 17.3 Å². The van der Waals surface area contributed by atoms with Crippen molar-refractivity contribution in [2.75, 3.05) is 0 Å². The van der Waals surface area contributed by atoms with Crippen molar-refractivity contribution >= 4 is 5.84 Å². The van der Waals surface area contributed by atoms with Crippen LogP contribution in [-0.4, -0.2) is 25.6 Å². The van der Waals surface area contributed by atoms with Gasteiger partial charge in [0.05, 0.1) is 5.69 Å². The average Bonchev–Trinajstić information content (AvgIpc) is 3.34. The third-order valence-corrected chi connectivity index (χ3v) is 4.50. The van der Waals surface area contributed by atoms with E-state index in [0.29, 0.717) is 23.0 Å². The van der Waals surface area contributed by atoms with Gasteiger partial charge in [-0.15, -0.1) is 0 Å². The summed E-state index contributed by atoms with van der Waals surface area (Å²) < 4.78 is 7.29. The molecule has 0 fully saturated rings. The number of pyridine rings is 1. The lowest BCUT2D eigenvalue weighted by Crippen LogP contribution is -2.15. The highest BCUT2D eigenvalue weighted by Gasteiger charge is 2.08. The van der Waals surface area contributed by atoms with Gasteiger partial charge in [-0.25, -0.2) is 14.6 Å². The molecule has 8 nitrogen and oxygen atoms in total. The molecular formula is C22H22N6O2. The molecule has 0 amide bonds. The first kappa shape index (κ1) is 19.4. The largest absolute Gasteiger partial charge is 0.444 e. The molecule has 152 valence electrons. The zero-order valence-corrected chi connectivity index (χ0v) is 17.0. The van der Waals surface area contributed by atoms with Gasteiger partial charge in [0.1, 0.15) is 12.0 Å². The smallest absolute Gasteiger partial charge is 0.226 e. The third kappa shape index (κ3) is 4.22. The molecular weight excluding hydrogens is 380 g/mol. The molecule has 0 aliphatic carbocycles. The molecule has 0 unspecified atom stereocenters. The van der Waals surface area contributed by atoms with Gasteiger partial charge >= 0.3 is 0 Å². The van der Waals surface area contributed by atoms with E-state index in [1.165, 1.54) is 5.56 Å². The summed E-state index contributed by atoms with van der Waals surface area (Å²) in [7, 11) is 0. The van der Waals surface area contributed by atoms with Crippen LogP contribution in [0.4, 0.5) is 0 Å². The Labute approximate surface area is 174 Å². The highest BCUT2D eigenvalue weighted by Crippen LogP contribution is 2.19. The van der Waals surface area contributed by atoms with Crippen LogP contribution in [0.25, 0.3) is 17.3 Å². The summed E-state index contributed by atoms with van der Waals surface area (Å²) in [5, 5.41) is 8.38. The van der Waals surface area contributed by atoms with Crippen LogP contribution < -0.4 is 5.73 Å². The van der Waals surface area contributed by atoms with E-state index in [1.807, 2.05) is 63.2 Å². The van der Waals surface area contributed by atoms with Gasteiger partial charge in [-0.2, -0.15) is 5.10 Å². The number of oxime groups is 1. The lowest BCUT2D eigenvalue weighted by Gasteiger charge is -2.05. The van der Waals surface area contributed by atoms with Crippen LogP contribution in [0, 0.1) is 20.8 Å². The van der Waals surface area contributed by atoms with Gasteiger partial charge in [-0.3, -0.25) is 0 Å². The molecule has 0 saturated heterocycles. The predicted octanol–water partition coefficient (Wildman–Crippen LogP) is 3.68. The molecule has 0 radical (unpaired) electrons. The average molecular weight is 402 g/mol. The van der Waals surface area contributed by atoms with E-state index in [0.717, 1.165) is 17.0 Å². The number of amidine groups is 1. The van der Waals surface area contributed by atoms with Crippen molar-refractivity contribution in [1.82, 2.24) is 19.7 Å². The molecule has 2 N–H and O–H groups in total. The molecule has 1 aromatic carbocycles. The number of hydrogen-bond acceptors (Lipinski definition) is 6. The van der Waals surface area contributed by atoms with Gasteiger partial charge in [0.2, 0.25) is 5.89 Å². The van der Waals surface area contributed by atoms with E-state index in [1.54, 1.807) is 17.1 Å². The Hall–Kier alpha value is -3.94. The first-order valence-electron chi connectivity index (χ1n) is 9.46. The number of nitrogens with two attached hydrogens (primary N) is 1. The zero-order chi connectivity index (χ0) is 21.1. The highest BCUT2D eigenvalue weighted by molar-refractivity contribution is 5.96. The maximum atomic E-state index is 6.01. The Morgan fingerprint density at radius 2 is 1.93 bits per heavy atom. The van der Waals surface area contributed by atoms with E-state index >= 15 is 0 Å². The quantitative estimate of drug-likeness (QED) is 0.300. The number of oxazole rings is 1. The van der Waals surface area contributed by atoms with Gasteiger partial charge in [0.25, 0.3) is 0 Å². The second-order valence-corrected chi connectivity index (χ2v) is 7.00. The Morgan fingerprint density at radius 1 is 1.13 bits per heavy atom. The standard InChI is InChI=1S/C22H22N6O2/c1-14-4-6-17(7-5-14)22-25-19(12-29-22)13-30-27-21(23)18-8-9-20(24-11-18)28-16(3)10-15(2)26-28/h4-12H,13H2,1-3H3,(H2,23,27). The van der Waals surface area contributed by atoms with Gasteiger partial charge in [0, 0.05) is 23.0 Å². The minimum atomic E-state index is 0.146. The summed E-state index contributed by atoms with van der Waals surface area (Å²) >= 11 is 0. The van der Waals surface area contributed by atoms with Crippen molar-refractivity contribution in [2.45, 2.75) is 27.4 Å². The lowest BCUT2D eigenvalue weighted by molar-refractivity contribution is 0.127. The third-order valence-electron chi connectivity index (χ3n) is 4.50. The van der Waals surface area contributed by atoms with Gasteiger partial charge < -0.3 is 15.0 Å². The molecule has 4 rings (SSSR count). The fraction of sp³-hybridized carbons (Fsp3) is 0.182. The minimum absolute atomic E-state index is 0.146. The topological polar surface area (TPSA) is 104 Å². The fourth-order valence-electron chi connectivity index (χ4n) is 2.95. The monoisotopic (exact) mass is 402 g/mol. The molecule has 8 heteroatoms. The first-order valence-corrected chi connectivity index (χ1v) is 9.46. The maximum Gasteiger partial charge on any atom is 0.226 e. The molecule has 0 atom stereocenters. The molecule has 4 aromatic rings. The van der Waals surface area contributed by atoms with Gasteiger partial charge in [-0.1, -0.05) is 22.9 Å². The van der Waals surface area contributed by atoms with Crippen LogP contribution in [0.2, 0.25) is 0 Å². The Bertz CT molecular complexity index is 1170. The number of nitrogens with zero attached hydrogens (tertiary/aromatic N) is 5. The van der Waals surface area contributed by atoms with Crippen LogP contribution in [0.3, 0.4) is 0 Å². The Balaban J connectivity index is 1.39. The summed E-state index contributed by atoms with van der Waals surface area (Å²) in [5.74, 6) is 1.48. The van der Waals surface area contributed by atoms with Crippen LogP contribution in [-0.2, 0) is 11.4 Å². The van der Waals surface area contributed by atoms with Crippen LogP contribution in [0.5, 0.6) is 0 Å². The number of rotatable bonds is 6. The predicted molar refractivity (Wildman–Crippen MR) is 113 cm³/mol. The van der Waals surface area contributed by atoms with Gasteiger partial charge in [0.15, 0.2) is 18.3 Å². The van der Waals surface area contributed by atoms with E-state index in [-0.39, 0.29) is 12.4 Å². The summed E-state index contributed by atoms with van der Waals surface area (Å²) in [6.45, 7) is 6.10. The van der Waals surface area contributed by atoms with Gasteiger partial charge in [-0.05, 0) is 51.1 Å². The molecule has 3 heterocycles. The molecule has 0 spiro atoms. The fourth-order valence-corrected chi connectivity index (χ4v) is 2.95. The molecule has 0 bridgehead atoms. The molecule has 0 aliphatic heterocycles. The number of aromatic nitrogens is 4. The van der Waals surface area contributed by atoms with Crippen LogP contribution in [0.15, 0.2) is 64.5 Å². The summed E-state index contributed by atoms with van der Waals surface area (Å²) in [4.78, 5) is 14.2. The summed E-state index contributed by atoms with van der Waals surface area (Å²) in [6.07, 6.45) is 3.19. The van der Waals surface area contributed by atoms with E-state index in [9.17, 15) is 0 Å². The molecule has 0 saturated carbocycles. The molecule has 30 heavy (non-hydrogen) atoms. The number of hydrogen-bond donors (Lipinski definition) is 1. The number of aryl methyl sites for hydroxylation is 3. The normalized spacial score (nSPS) is 11.6. The maximum absolute atomic E-state index is 6.01. The Kier molecular flexibility index (Phi) is 5.30. The molecule has 3 aromatic heterocycles. The zero-order valence-electron chi connectivity index (χ0n) is 17.0. The van der Waals surface area contributed by atoms with Crippen molar-refractivity contribution in [3.05, 3.63) is 83.1 Å². The van der Waals surface area contributed by atoms with Crippen LogP contribution in [0.1, 0.15) is 28.2 Å². The SMILES string of the molecule is Cc1ccc(-c2nc(CO/N=C(\N)c3ccc(-n4nc(C)cc4C)nc3)co2)cc1. The second kappa shape index (κ2) is 8.20. The van der Waals surface area contributed by atoms with Crippen molar-refractivity contribution in [1.29, 1.82) is 0 Å².